The average Bonchev–Trinajstić information content (AvgIpc) is 2.24. The number of benzene rings is 1. The Hall–Kier alpha value is -1.65. The molecule has 0 spiro atoms. The van der Waals surface area contributed by atoms with E-state index in [1.165, 1.54) is 6.92 Å². The zero-order valence-electron chi connectivity index (χ0n) is 11.0. The number of halogens is 2. The Morgan fingerprint density at radius 3 is 2.33 bits per heavy atom. The standard InChI is InChI=1S/C13H18F2N2O/c1-7(2)16-13(18)9(4)17-12-6-10(14)8(3)5-11(12)15/h5-7,9,17H,1-4H3,(H,16,18). The molecule has 0 fully saturated rings. The lowest BCUT2D eigenvalue weighted by Gasteiger charge is -2.17. The molecule has 1 aromatic rings. The summed E-state index contributed by atoms with van der Waals surface area (Å²) in [5.41, 5.74) is 0.224. The lowest BCUT2D eigenvalue weighted by molar-refractivity contribution is -0.122. The number of rotatable bonds is 4. The van der Waals surface area contributed by atoms with Crippen molar-refractivity contribution in [2.75, 3.05) is 5.32 Å². The first kappa shape index (κ1) is 14.4. The first-order valence-corrected chi connectivity index (χ1v) is 5.83. The zero-order valence-corrected chi connectivity index (χ0v) is 11.0. The van der Waals surface area contributed by atoms with E-state index in [1.54, 1.807) is 6.92 Å². The lowest BCUT2D eigenvalue weighted by atomic mass is 10.2. The summed E-state index contributed by atoms with van der Waals surface area (Å²) in [6.07, 6.45) is 0. The highest BCUT2D eigenvalue weighted by atomic mass is 19.1. The summed E-state index contributed by atoms with van der Waals surface area (Å²) in [5.74, 6) is -1.33. The summed E-state index contributed by atoms with van der Waals surface area (Å²) in [6.45, 7) is 6.74. The molecule has 1 unspecified atom stereocenters. The number of carbonyl (C=O) groups is 1. The second-order valence-corrected chi connectivity index (χ2v) is 4.61. The number of hydrogen-bond acceptors (Lipinski definition) is 2. The van der Waals surface area contributed by atoms with Crippen LogP contribution in [0.5, 0.6) is 0 Å². The number of nitrogens with one attached hydrogen (secondary N) is 2. The van der Waals surface area contributed by atoms with Gasteiger partial charge in [0.05, 0.1) is 5.69 Å². The Balaban J connectivity index is 2.79. The van der Waals surface area contributed by atoms with Gasteiger partial charge in [0.25, 0.3) is 0 Å². The molecular weight excluding hydrogens is 238 g/mol. The maximum Gasteiger partial charge on any atom is 0.242 e. The van der Waals surface area contributed by atoms with Crippen LogP contribution in [0.15, 0.2) is 12.1 Å². The Morgan fingerprint density at radius 1 is 1.17 bits per heavy atom. The van der Waals surface area contributed by atoms with Gasteiger partial charge in [-0.15, -0.1) is 0 Å². The molecule has 0 aromatic heterocycles. The van der Waals surface area contributed by atoms with Crippen molar-refractivity contribution in [3.05, 3.63) is 29.3 Å². The Labute approximate surface area is 106 Å². The van der Waals surface area contributed by atoms with Crippen molar-refractivity contribution in [3.8, 4) is 0 Å². The molecule has 0 saturated heterocycles. The minimum absolute atomic E-state index is 0.00125. The van der Waals surface area contributed by atoms with Crippen molar-refractivity contribution >= 4 is 11.6 Å². The quantitative estimate of drug-likeness (QED) is 0.869. The first-order chi connectivity index (χ1) is 8.31. The molecule has 1 aromatic carbocycles. The van der Waals surface area contributed by atoms with Gasteiger partial charge in [-0.3, -0.25) is 4.79 Å². The Kier molecular flexibility index (Phi) is 4.64. The van der Waals surface area contributed by atoms with Gasteiger partial charge >= 0.3 is 0 Å². The maximum absolute atomic E-state index is 13.6. The predicted octanol–water partition coefficient (Wildman–Crippen LogP) is 2.60. The van der Waals surface area contributed by atoms with Gasteiger partial charge in [-0.2, -0.15) is 0 Å². The van der Waals surface area contributed by atoms with Crippen LogP contribution in [0.1, 0.15) is 26.3 Å². The molecule has 2 N–H and O–H groups in total. The molecule has 1 amide bonds. The van der Waals surface area contributed by atoms with Crippen molar-refractivity contribution in [1.82, 2.24) is 5.32 Å². The van der Waals surface area contributed by atoms with Gasteiger partial charge in [-0.05, 0) is 39.3 Å². The fourth-order valence-electron chi connectivity index (χ4n) is 1.47. The molecule has 0 aliphatic carbocycles. The highest BCUT2D eigenvalue weighted by Gasteiger charge is 2.16. The molecule has 0 aliphatic rings. The van der Waals surface area contributed by atoms with E-state index in [1.807, 2.05) is 13.8 Å². The van der Waals surface area contributed by atoms with Crippen LogP contribution in [0.2, 0.25) is 0 Å². The molecule has 100 valence electrons. The van der Waals surface area contributed by atoms with Gasteiger partial charge in [0.2, 0.25) is 5.91 Å². The number of anilines is 1. The molecule has 3 nitrogen and oxygen atoms in total. The summed E-state index contributed by atoms with van der Waals surface area (Å²) in [5, 5.41) is 5.35. The van der Waals surface area contributed by atoms with Crippen LogP contribution in [0.3, 0.4) is 0 Å². The highest BCUT2D eigenvalue weighted by Crippen LogP contribution is 2.19. The minimum Gasteiger partial charge on any atom is -0.371 e. The Morgan fingerprint density at radius 2 is 1.78 bits per heavy atom. The second-order valence-electron chi connectivity index (χ2n) is 4.61. The van der Waals surface area contributed by atoms with Crippen molar-refractivity contribution in [2.45, 2.75) is 39.8 Å². The van der Waals surface area contributed by atoms with Gasteiger partial charge in [0.15, 0.2) is 0 Å². The molecule has 0 bridgehead atoms. The van der Waals surface area contributed by atoms with Crippen molar-refractivity contribution in [1.29, 1.82) is 0 Å². The van der Waals surface area contributed by atoms with Gasteiger partial charge in [-0.25, -0.2) is 8.78 Å². The summed E-state index contributed by atoms with van der Waals surface area (Å²) >= 11 is 0. The largest absolute Gasteiger partial charge is 0.371 e. The summed E-state index contributed by atoms with van der Waals surface area (Å²) < 4.78 is 26.9. The minimum atomic E-state index is -0.635. The number of hydrogen-bond donors (Lipinski definition) is 2. The molecule has 1 atom stereocenters. The van der Waals surface area contributed by atoms with Crippen molar-refractivity contribution in [2.24, 2.45) is 0 Å². The maximum atomic E-state index is 13.6. The Bertz CT molecular complexity index is 447. The predicted molar refractivity (Wildman–Crippen MR) is 67.5 cm³/mol. The third kappa shape index (κ3) is 3.68. The van der Waals surface area contributed by atoms with Crippen LogP contribution in [0, 0.1) is 18.6 Å². The molecule has 0 saturated carbocycles. The van der Waals surface area contributed by atoms with E-state index >= 15 is 0 Å². The highest BCUT2D eigenvalue weighted by molar-refractivity contribution is 5.84. The monoisotopic (exact) mass is 256 g/mol. The third-order valence-corrected chi connectivity index (χ3v) is 2.44. The zero-order chi connectivity index (χ0) is 13.9. The van der Waals surface area contributed by atoms with Gasteiger partial charge in [0.1, 0.15) is 17.7 Å². The molecule has 0 radical (unpaired) electrons. The fourth-order valence-corrected chi connectivity index (χ4v) is 1.47. The normalized spacial score (nSPS) is 12.4. The van der Waals surface area contributed by atoms with E-state index in [4.69, 9.17) is 0 Å². The number of amides is 1. The first-order valence-electron chi connectivity index (χ1n) is 5.83. The van der Waals surface area contributed by atoms with E-state index in [2.05, 4.69) is 10.6 Å². The molecule has 0 aliphatic heterocycles. The third-order valence-electron chi connectivity index (χ3n) is 2.44. The van der Waals surface area contributed by atoms with Gasteiger partial charge in [-0.1, -0.05) is 0 Å². The molecular formula is C13H18F2N2O. The van der Waals surface area contributed by atoms with Crippen LogP contribution < -0.4 is 10.6 Å². The SMILES string of the molecule is Cc1cc(F)c(NC(C)C(=O)NC(C)C)cc1F. The molecule has 18 heavy (non-hydrogen) atoms. The van der Waals surface area contributed by atoms with Crippen LogP contribution in [-0.4, -0.2) is 18.0 Å². The number of aryl methyl sites for hydroxylation is 1. The van der Waals surface area contributed by atoms with Crippen LogP contribution in [0.4, 0.5) is 14.5 Å². The van der Waals surface area contributed by atoms with Gasteiger partial charge < -0.3 is 10.6 Å². The summed E-state index contributed by atoms with van der Waals surface area (Å²) in [7, 11) is 0. The summed E-state index contributed by atoms with van der Waals surface area (Å²) in [6, 6.07) is 1.53. The summed E-state index contributed by atoms with van der Waals surface area (Å²) in [4.78, 5) is 11.6. The van der Waals surface area contributed by atoms with Crippen molar-refractivity contribution in [3.63, 3.8) is 0 Å². The van der Waals surface area contributed by atoms with E-state index in [0.717, 1.165) is 12.1 Å². The van der Waals surface area contributed by atoms with E-state index in [0.29, 0.717) is 0 Å². The van der Waals surface area contributed by atoms with Crippen LogP contribution in [-0.2, 0) is 4.79 Å². The average molecular weight is 256 g/mol. The lowest BCUT2D eigenvalue weighted by Crippen LogP contribution is -2.41. The molecule has 1 rings (SSSR count). The fraction of sp³-hybridized carbons (Fsp3) is 0.462. The topological polar surface area (TPSA) is 41.1 Å². The number of carbonyl (C=O) groups excluding carboxylic acids is 1. The second kappa shape index (κ2) is 5.80. The van der Waals surface area contributed by atoms with E-state index < -0.39 is 17.7 Å². The van der Waals surface area contributed by atoms with E-state index in [9.17, 15) is 13.6 Å². The van der Waals surface area contributed by atoms with Gasteiger partial charge in [0, 0.05) is 12.1 Å². The van der Waals surface area contributed by atoms with E-state index in [-0.39, 0.29) is 23.2 Å². The van der Waals surface area contributed by atoms with Crippen LogP contribution >= 0.6 is 0 Å². The van der Waals surface area contributed by atoms with Crippen molar-refractivity contribution < 1.29 is 13.6 Å². The molecule has 0 heterocycles. The smallest absolute Gasteiger partial charge is 0.242 e. The van der Waals surface area contributed by atoms with Crippen LogP contribution in [0.25, 0.3) is 0 Å². The molecule has 5 heteroatoms.